The Hall–Kier alpha value is -2.82. The van der Waals surface area contributed by atoms with E-state index in [1.54, 1.807) is 30.3 Å². The minimum atomic E-state index is -2.55. The summed E-state index contributed by atoms with van der Waals surface area (Å²) in [5, 5.41) is 3.72. The SMILES string of the molecule is O=C(NCc1ccc(Cl)cc1)c1ccc(Cl)cc1N(c1nsnc1Cc1ccccc1)S(=O)O. The van der Waals surface area contributed by atoms with Crippen LogP contribution in [0.4, 0.5) is 11.5 Å². The van der Waals surface area contributed by atoms with Crippen molar-refractivity contribution in [3.05, 3.63) is 105 Å². The second kappa shape index (κ2) is 11.1. The topological polar surface area (TPSA) is 95.4 Å². The van der Waals surface area contributed by atoms with Gasteiger partial charge >= 0.3 is 0 Å². The first-order chi connectivity index (χ1) is 16.4. The molecule has 7 nitrogen and oxygen atoms in total. The number of amides is 1. The molecule has 0 aliphatic rings. The van der Waals surface area contributed by atoms with Crippen molar-refractivity contribution in [3.63, 3.8) is 0 Å². The summed E-state index contributed by atoms with van der Waals surface area (Å²) in [5.74, 6) is -0.256. The molecule has 1 heterocycles. The van der Waals surface area contributed by atoms with Crippen LogP contribution >= 0.6 is 34.9 Å². The van der Waals surface area contributed by atoms with E-state index in [0.717, 1.165) is 27.2 Å². The summed E-state index contributed by atoms with van der Waals surface area (Å²) < 4.78 is 32.3. The maximum Gasteiger partial charge on any atom is 0.268 e. The maximum atomic E-state index is 13.1. The molecule has 2 N–H and O–H groups in total. The highest BCUT2D eigenvalue weighted by Crippen LogP contribution is 2.34. The van der Waals surface area contributed by atoms with Gasteiger partial charge in [0.05, 0.1) is 23.0 Å². The standard InChI is InChI=1S/C23H18Cl2N4O3S2/c24-17-8-6-16(7-9-17)14-26-23(30)19-11-10-18(25)13-21(19)29(34(31)32)22-20(27-33-28-22)12-15-4-2-1-3-5-15/h1-11,13H,12,14H2,(H,26,30)(H,31,32). The van der Waals surface area contributed by atoms with Crippen LogP contribution in [0.3, 0.4) is 0 Å². The van der Waals surface area contributed by atoms with Crippen LogP contribution in [-0.2, 0) is 24.2 Å². The molecule has 0 fully saturated rings. The number of benzene rings is 3. The van der Waals surface area contributed by atoms with E-state index in [2.05, 4.69) is 14.1 Å². The number of nitrogens with zero attached hydrogens (tertiary/aromatic N) is 3. The molecule has 4 aromatic rings. The number of hydrogen-bond acceptors (Lipinski definition) is 5. The number of aromatic nitrogens is 2. The van der Waals surface area contributed by atoms with Crippen LogP contribution in [0.1, 0.15) is 27.2 Å². The van der Waals surface area contributed by atoms with Crippen molar-refractivity contribution in [3.8, 4) is 0 Å². The Morgan fingerprint density at radius 3 is 2.38 bits per heavy atom. The molecule has 0 spiro atoms. The fourth-order valence-electron chi connectivity index (χ4n) is 3.27. The van der Waals surface area contributed by atoms with Gasteiger partial charge < -0.3 is 5.32 Å². The predicted octanol–water partition coefficient (Wildman–Crippen LogP) is 5.64. The lowest BCUT2D eigenvalue weighted by Crippen LogP contribution is -2.28. The number of hydrogen-bond donors (Lipinski definition) is 2. The average molecular weight is 533 g/mol. The Morgan fingerprint density at radius 1 is 0.971 bits per heavy atom. The van der Waals surface area contributed by atoms with E-state index >= 15 is 0 Å². The number of carbonyl (C=O) groups excluding carboxylic acids is 1. The average Bonchev–Trinajstić information content (AvgIpc) is 3.26. The van der Waals surface area contributed by atoms with Crippen molar-refractivity contribution < 1.29 is 13.6 Å². The van der Waals surface area contributed by atoms with E-state index in [0.29, 0.717) is 22.2 Å². The molecule has 11 heteroatoms. The first kappa shape index (κ1) is 24.3. The first-order valence-electron chi connectivity index (χ1n) is 10.0. The highest BCUT2D eigenvalue weighted by atomic mass is 35.5. The number of anilines is 2. The Morgan fingerprint density at radius 2 is 1.68 bits per heavy atom. The lowest BCUT2D eigenvalue weighted by molar-refractivity contribution is 0.0951. The van der Waals surface area contributed by atoms with E-state index in [-0.39, 0.29) is 23.6 Å². The molecule has 0 aliphatic heterocycles. The summed E-state index contributed by atoms with van der Waals surface area (Å²) in [6.07, 6.45) is 0.402. The van der Waals surface area contributed by atoms with Gasteiger partial charge in [0.1, 0.15) is 5.69 Å². The molecule has 0 radical (unpaired) electrons. The normalized spacial score (nSPS) is 11.7. The zero-order chi connectivity index (χ0) is 24.1. The maximum absolute atomic E-state index is 13.1. The molecular formula is C23H18Cl2N4O3S2. The molecule has 1 unspecified atom stereocenters. The van der Waals surface area contributed by atoms with Gasteiger partial charge in [0.25, 0.3) is 17.2 Å². The van der Waals surface area contributed by atoms with Gasteiger partial charge in [-0.1, -0.05) is 65.7 Å². The van der Waals surface area contributed by atoms with Crippen molar-refractivity contribution in [2.24, 2.45) is 0 Å². The predicted molar refractivity (Wildman–Crippen MR) is 136 cm³/mol. The van der Waals surface area contributed by atoms with Crippen LogP contribution in [0.2, 0.25) is 10.0 Å². The highest BCUT2D eigenvalue weighted by Gasteiger charge is 2.27. The van der Waals surface area contributed by atoms with Crippen LogP contribution in [-0.4, -0.2) is 23.4 Å². The molecule has 0 saturated carbocycles. The third-order valence-corrected chi connectivity index (χ3v) is 6.61. The Labute approximate surface area is 213 Å². The van der Waals surface area contributed by atoms with Crippen LogP contribution in [0.25, 0.3) is 0 Å². The lowest BCUT2D eigenvalue weighted by atomic mass is 10.1. The monoisotopic (exact) mass is 532 g/mol. The van der Waals surface area contributed by atoms with E-state index < -0.39 is 17.2 Å². The van der Waals surface area contributed by atoms with Crippen molar-refractivity contribution in [2.45, 2.75) is 13.0 Å². The Kier molecular flexibility index (Phi) is 7.91. The third-order valence-electron chi connectivity index (χ3n) is 4.89. The van der Waals surface area contributed by atoms with E-state index in [1.165, 1.54) is 12.1 Å². The fraction of sp³-hybridized carbons (Fsp3) is 0.0870. The molecule has 0 bridgehead atoms. The number of nitrogens with one attached hydrogen (secondary N) is 1. The summed E-state index contributed by atoms with van der Waals surface area (Å²) in [6, 6.07) is 21.1. The number of rotatable bonds is 8. The molecule has 3 aromatic carbocycles. The summed E-state index contributed by atoms with van der Waals surface area (Å²) in [4.78, 5) is 13.1. The van der Waals surface area contributed by atoms with Gasteiger partial charge in [-0.3, -0.25) is 9.35 Å². The van der Waals surface area contributed by atoms with Crippen LogP contribution in [0, 0.1) is 0 Å². The van der Waals surface area contributed by atoms with Crippen LogP contribution in [0.5, 0.6) is 0 Å². The molecule has 34 heavy (non-hydrogen) atoms. The molecule has 0 saturated heterocycles. The molecule has 174 valence electrons. The zero-order valence-electron chi connectivity index (χ0n) is 17.5. The summed E-state index contributed by atoms with van der Waals surface area (Å²) in [5.41, 5.74) is 2.63. The quantitative estimate of drug-likeness (QED) is 0.286. The summed E-state index contributed by atoms with van der Waals surface area (Å²) in [7, 11) is 0. The Balaban J connectivity index is 1.66. The zero-order valence-corrected chi connectivity index (χ0v) is 20.7. The summed E-state index contributed by atoms with van der Waals surface area (Å²) in [6.45, 7) is 0.248. The van der Waals surface area contributed by atoms with Crippen molar-refractivity contribution in [2.75, 3.05) is 4.31 Å². The van der Waals surface area contributed by atoms with Gasteiger partial charge in [0.2, 0.25) is 0 Å². The van der Waals surface area contributed by atoms with Crippen LogP contribution in [0.15, 0.2) is 72.8 Å². The van der Waals surface area contributed by atoms with Crippen molar-refractivity contribution in [1.82, 2.24) is 14.1 Å². The van der Waals surface area contributed by atoms with Gasteiger partial charge in [0.15, 0.2) is 5.82 Å². The van der Waals surface area contributed by atoms with E-state index in [4.69, 9.17) is 23.2 Å². The number of halogens is 2. The second-order valence-electron chi connectivity index (χ2n) is 7.19. The lowest BCUT2D eigenvalue weighted by Gasteiger charge is -2.21. The molecule has 1 amide bonds. The minimum absolute atomic E-state index is 0.143. The third kappa shape index (κ3) is 5.81. The summed E-state index contributed by atoms with van der Waals surface area (Å²) >= 11 is 10.5. The van der Waals surface area contributed by atoms with Gasteiger partial charge in [0, 0.05) is 23.0 Å². The molecule has 4 rings (SSSR count). The van der Waals surface area contributed by atoms with Gasteiger partial charge in [-0.15, -0.1) is 0 Å². The van der Waals surface area contributed by atoms with E-state index in [1.807, 2.05) is 30.3 Å². The Bertz CT molecular complexity index is 1320. The molecular weight excluding hydrogens is 515 g/mol. The molecule has 1 atom stereocenters. The number of carbonyl (C=O) groups is 1. The molecule has 0 aliphatic carbocycles. The van der Waals surface area contributed by atoms with Gasteiger partial charge in [-0.05, 0) is 41.5 Å². The molecule has 1 aromatic heterocycles. The first-order valence-corrected chi connectivity index (χ1v) is 12.6. The highest BCUT2D eigenvalue weighted by molar-refractivity contribution is 7.81. The minimum Gasteiger partial charge on any atom is -0.348 e. The van der Waals surface area contributed by atoms with Crippen LogP contribution < -0.4 is 9.62 Å². The van der Waals surface area contributed by atoms with Gasteiger partial charge in [-0.2, -0.15) is 8.75 Å². The second-order valence-corrected chi connectivity index (χ2v) is 9.42. The largest absolute Gasteiger partial charge is 0.348 e. The van der Waals surface area contributed by atoms with Crippen molar-refractivity contribution in [1.29, 1.82) is 0 Å². The fourth-order valence-corrected chi connectivity index (χ4v) is 4.78. The smallest absolute Gasteiger partial charge is 0.268 e. The van der Waals surface area contributed by atoms with E-state index in [9.17, 15) is 13.6 Å². The van der Waals surface area contributed by atoms with Crippen molar-refractivity contribution >= 4 is 63.6 Å². The van der Waals surface area contributed by atoms with Gasteiger partial charge in [-0.25, -0.2) is 8.51 Å².